The molecule has 2 amide bonds. The molecule has 0 saturated heterocycles. The first-order chi connectivity index (χ1) is 22.1. The Morgan fingerprint density at radius 3 is 1.71 bits per heavy atom. The predicted octanol–water partition coefficient (Wildman–Crippen LogP) is 8.58. The first-order valence-corrected chi connectivity index (χ1v) is 16.2. The van der Waals surface area contributed by atoms with Crippen molar-refractivity contribution in [2.24, 2.45) is 10.8 Å². The summed E-state index contributed by atoms with van der Waals surface area (Å²) in [6.45, 7) is 23.2. The minimum Gasteiger partial charge on any atom is -0.444 e. The van der Waals surface area contributed by atoms with Crippen LogP contribution in [0.25, 0.3) is 22.0 Å². The first-order valence-electron chi connectivity index (χ1n) is 16.2. The monoisotopic (exact) mass is 654 g/mol. The number of carbonyl (C=O) groups excluding carboxylic acids is 2. The van der Waals surface area contributed by atoms with E-state index in [0.717, 1.165) is 27.6 Å². The normalized spacial score (nSPS) is 13.7. The molecule has 48 heavy (non-hydrogen) atoms. The summed E-state index contributed by atoms with van der Waals surface area (Å²) in [5.41, 5.74) is 1.49. The third-order valence-electron chi connectivity index (χ3n) is 7.28. The van der Waals surface area contributed by atoms with Crippen molar-refractivity contribution in [2.45, 2.75) is 106 Å². The highest BCUT2D eigenvalue weighted by Gasteiger charge is 2.33. The van der Waals surface area contributed by atoms with Gasteiger partial charge in [-0.3, -0.25) is 0 Å². The molecule has 0 saturated carbocycles. The van der Waals surface area contributed by atoms with E-state index in [4.69, 9.17) is 9.47 Å². The van der Waals surface area contributed by atoms with Gasteiger partial charge in [-0.05, 0) is 87.3 Å². The number of H-pyrrole nitrogens is 2. The Morgan fingerprint density at radius 2 is 1.17 bits per heavy atom. The Balaban J connectivity index is 1.51. The van der Waals surface area contributed by atoms with Gasteiger partial charge < -0.3 is 30.1 Å². The lowest BCUT2D eigenvalue weighted by atomic mass is 9.86. The van der Waals surface area contributed by atoms with Crippen molar-refractivity contribution in [1.82, 2.24) is 30.6 Å². The van der Waals surface area contributed by atoms with Crippen LogP contribution in [-0.4, -0.2) is 43.3 Å². The third-order valence-corrected chi connectivity index (χ3v) is 7.28. The van der Waals surface area contributed by atoms with Gasteiger partial charge in [-0.25, -0.2) is 19.6 Å². The number of imidazole rings is 2. The number of aromatic nitrogens is 4. The molecule has 10 heteroatoms. The lowest BCUT2D eigenvalue weighted by Gasteiger charge is -2.31. The number of benzene rings is 2. The molecule has 0 bridgehead atoms. The molecule has 2 aromatic heterocycles. The van der Waals surface area contributed by atoms with Gasteiger partial charge in [0.25, 0.3) is 0 Å². The SMILES string of the molecule is CC(C)(C)OC(=O)NC(c1ncc(C#Cc2ccc3cc(-c4cnc(C(NC(=O)OC(C)(C)C)C(C)(C)C)[nH]4)ccc3c2)[nH]1)C(C)(C)C. The number of carbonyl (C=O) groups is 2. The molecule has 4 N–H and O–H groups in total. The molecular weight excluding hydrogens is 604 g/mol. The Bertz CT molecular complexity index is 1830. The highest BCUT2D eigenvalue weighted by atomic mass is 16.6. The average molecular weight is 655 g/mol. The van der Waals surface area contributed by atoms with E-state index < -0.39 is 29.4 Å². The van der Waals surface area contributed by atoms with Crippen LogP contribution in [0.5, 0.6) is 0 Å². The maximum absolute atomic E-state index is 12.6. The zero-order valence-electron chi connectivity index (χ0n) is 30.3. The van der Waals surface area contributed by atoms with E-state index in [1.165, 1.54) is 0 Å². The molecule has 2 unspecified atom stereocenters. The van der Waals surface area contributed by atoms with Crippen molar-refractivity contribution in [1.29, 1.82) is 0 Å². The van der Waals surface area contributed by atoms with Crippen molar-refractivity contribution in [3.63, 3.8) is 0 Å². The Hall–Kier alpha value is -4.78. The second-order valence-corrected chi connectivity index (χ2v) is 16.3. The summed E-state index contributed by atoms with van der Waals surface area (Å²) in [7, 11) is 0. The van der Waals surface area contributed by atoms with Crippen molar-refractivity contribution in [3.05, 3.63) is 71.7 Å². The van der Waals surface area contributed by atoms with Crippen LogP contribution in [0.1, 0.15) is 118 Å². The van der Waals surface area contributed by atoms with Crippen molar-refractivity contribution >= 4 is 23.0 Å². The second kappa shape index (κ2) is 13.4. The molecule has 2 heterocycles. The number of nitrogens with zero attached hydrogens (tertiary/aromatic N) is 2. The van der Waals surface area contributed by atoms with E-state index in [-0.39, 0.29) is 16.9 Å². The molecule has 10 nitrogen and oxygen atoms in total. The fraction of sp³-hybridized carbons (Fsp3) is 0.474. The van der Waals surface area contributed by atoms with Gasteiger partial charge in [-0.2, -0.15) is 0 Å². The summed E-state index contributed by atoms with van der Waals surface area (Å²) in [6.07, 6.45) is 2.49. The number of fused-ring (bicyclic) bond motifs is 1. The van der Waals surface area contributed by atoms with Crippen LogP contribution in [-0.2, 0) is 9.47 Å². The Morgan fingerprint density at radius 1 is 0.667 bits per heavy atom. The minimum atomic E-state index is -0.603. The largest absolute Gasteiger partial charge is 0.444 e. The predicted molar refractivity (Wildman–Crippen MR) is 189 cm³/mol. The Labute approximate surface area is 284 Å². The molecule has 0 aliphatic rings. The van der Waals surface area contributed by atoms with Gasteiger partial charge in [0.05, 0.1) is 30.2 Å². The lowest BCUT2D eigenvalue weighted by Crippen LogP contribution is -2.40. The summed E-state index contributed by atoms with van der Waals surface area (Å²) in [6, 6.07) is 11.5. The molecule has 0 spiro atoms. The van der Waals surface area contributed by atoms with Gasteiger partial charge in [0.1, 0.15) is 28.5 Å². The quantitative estimate of drug-likeness (QED) is 0.159. The maximum atomic E-state index is 12.6. The molecule has 0 aliphatic heterocycles. The van der Waals surface area contributed by atoms with E-state index in [1.807, 2.05) is 107 Å². The van der Waals surface area contributed by atoms with Gasteiger partial charge in [0.2, 0.25) is 0 Å². The van der Waals surface area contributed by atoms with Crippen LogP contribution in [0.3, 0.4) is 0 Å². The number of ether oxygens (including phenoxy) is 2. The standard InChI is InChI=1S/C38H50N6O4/c1-35(2,3)29(43-33(45)47-37(7,8)9)31-39-21-27(41-31)18-14-23-13-15-25-20-26(17-16-24(25)19-23)28-22-40-32(42-28)30(36(4,5)6)44-34(46)48-38(10,11)12/h13,15-17,19-22,29-30H,1-12H3,(H,39,41)(H,40,42)(H,43,45)(H,44,46). The van der Waals surface area contributed by atoms with Gasteiger partial charge in [0, 0.05) is 11.1 Å². The van der Waals surface area contributed by atoms with Gasteiger partial charge in [0.15, 0.2) is 0 Å². The van der Waals surface area contributed by atoms with E-state index in [2.05, 4.69) is 54.5 Å². The topological polar surface area (TPSA) is 134 Å². The summed E-state index contributed by atoms with van der Waals surface area (Å²) in [5, 5.41) is 8.04. The second-order valence-electron chi connectivity index (χ2n) is 16.3. The zero-order chi connectivity index (χ0) is 35.7. The number of alkyl carbamates (subject to hydrolysis) is 2. The van der Waals surface area contributed by atoms with E-state index in [0.29, 0.717) is 17.3 Å². The van der Waals surface area contributed by atoms with Gasteiger partial charge >= 0.3 is 12.2 Å². The van der Waals surface area contributed by atoms with E-state index in [1.54, 1.807) is 12.4 Å². The van der Waals surface area contributed by atoms with Crippen LogP contribution in [0, 0.1) is 22.7 Å². The smallest absolute Gasteiger partial charge is 0.408 e. The molecular formula is C38H50N6O4. The number of amides is 2. The fourth-order valence-electron chi connectivity index (χ4n) is 5.05. The average Bonchev–Trinajstić information content (AvgIpc) is 3.60. The first kappa shape index (κ1) is 36.1. The molecule has 256 valence electrons. The van der Waals surface area contributed by atoms with Crippen LogP contribution in [0.15, 0.2) is 48.8 Å². The third kappa shape index (κ3) is 9.86. The summed E-state index contributed by atoms with van der Waals surface area (Å²) >= 11 is 0. The van der Waals surface area contributed by atoms with Crippen molar-refractivity contribution in [3.8, 4) is 23.1 Å². The lowest BCUT2D eigenvalue weighted by molar-refractivity contribution is 0.0448. The number of rotatable bonds is 5. The van der Waals surface area contributed by atoms with Crippen LogP contribution < -0.4 is 10.6 Å². The van der Waals surface area contributed by atoms with Crippen molar-refractivity contribution in [2.75, 3.05) is 0 Å². The molecule has 0 radical (unpaired) electrons. The van der Waals surface area contributed by atoms with Crippen LogP contribution in [0.2, 0.25) is 0 Å². The number of nitrogens with one attached hydrogen (secondary N) is 4. The van der Waals surface area contributed by atoms with Crippen molar-refractivity contribution < 1.29 is 19.1 Å². The number of hydrogen-bond acceptors (Lipinski definition) is 6. The highest BCUT2D eigenvalue weighted by molar-refractivity contribution is 5.88. The van der Waals surface area contributed by atoms with Crippen LogP contribution >= 0.6 is 0 Å². The molecule has 4 aromatic rings. The van der Waals surface area contributed by atoms with E-state index >= 15 is 0 Å². The maximum Gasteiger partial charge on any atom is 0.408 e. The van der Waals surface area contributed by atoms with Gasteiger partial charge in [-0.1, -0.05) is 65.7 Å². The highest BCUT2D eigenvalue weighted by Crippen LogP contribution is 2.34. The molecule has 0 aliphatic carbocycles. The minimum absolute atomic E-state index is 0.310. The zero-order valence-corrected chi connectivity index (χ0v) is 30.3. The molecule has 2 atom stereocenters. The number of hydrogen-bond donors (Lipinski definition) is 4. The summed E-state index contributed by atoms with van der Waals surface area (Å²) in [5.74, 6) is 7.66. The molecule has 2 aromatic carbocycles. The molecule has 0 fully saturated rings. The van der Waals surface area contributed by atoms with E-state index in [9.17, 15) is 9.59 Å². The van der Waals surface area contributed by atoms with Gasteiger partial charge in [-0.15, -0.1) is 0 Å². The Kier molecular flexibility index (Phi) is 10.1. The van der Waals surface area contributed by atoms with Crippen LogP contribution in [0.4, 0.5) is 9.59 Å². The number of aromatic amines is 2. The fourth-order valence-corrected chi connectivity index (χ4v) is 5.05. The summed E-state index contributed by atoms with van der Waals surface area (Å²) < 4.78 is 11.0. The molecule has 4 rings (SSSR count). The summed E-state index contributed by atoms with van der Waals surface area (Å²) in [4.78, 5) is 41.0.